The van der Waals surface area contributed by atoms with Crippen LogP contribution in [0.2, 0.25) is 0 Å². The van der Waals surface area contributed by atoms with Crippen LogP contribution in [-0.4, -0.2) is 26.0 Å². The lowest BCUT2D eigenvalue weighted by Crippen LogP contribution is -2.19. The van der Waals surface area contributed by atoms with Crippen molar-refractivity contribution >= 4 is 35.0 Å². The first-order valence-corrected chi connectivity index (χ1v) is 12.6. The molecule has 0 heterocycles. The molecule has 1 atom stereocenters. The number of methoxy groups -OCH3 is 2. The number of anilines is 2. The normalized spacial score (nSPS) is 11.3. The molecule has 188 valence electrons. The third kappa shape index (κ3) is 6.71. The van der Waals surface area contributed by atoms with Crippen LogP contribution in [0.15, 0.2) is 102 Å². The molecule has 0 fully saturated rings. The Morgan fingerprint density at radius 3 is 2.30 bits per heavy atom. The van der Waals surface area contributed by atoms with Crippen LogP contribution in [0.5, 0.6) is 11.5 Å². The second-order valence-electron chi connectivity index (χ2n) is 8.32. The number of aryl methyl sites for hydroxylation is 1. The number of nitrogens with one attached hydrogen (secondary N) is 2. The molecule has 7 heteroatoms. The lowest BCUT2D eigenvalue weighted by molar-refractivity contribution is -0.115. The fourth-order valence-electron chi connectivity index (χ4n) is 3.78. The van der Waals surface area contributed by atoms with Crippen molar-refractivity contribution in [1.29, 1.82) is 0 Å². The van der Waals surface area contributed by atoms with E-state index >= 15 is 0 Å². The van der Waals surface area contributed by atoms with E-state index in [1.165, 1.54) is 11.8 Å². The summed E-state index contributed by atoms with van der Waals surface area (Å²) in [6.07, 6.45) is 0. The van der Waals surface area contributed by atoms with Crippen molar-refractivity contribution in [3.63, 3.8) is 0 Å². The van der Waals surface area contributed by atoms with Crippen molar-refractivity contribution in [1.82, 2.24) is 0 Å². The minimum Gasteiger partial charge on any atom is -0.497 e. The van der Waals surface area contributed by atoms with Crippen LogP contribution >= 0.6 is 11.8 Å². The molecule has 6 nitrogen and oxygen atoms in total. The molecular weight excluding hydrogens is 484 g/mol. The summed E-state index contributed by atoms with van der Waals surface area (Å²) in [5, 5.41) is 5.39. The summed E-state index contributed by atoms with van der Waals surface area (Å²) < 4.78 is 10.7. The first-order valence-electron chi connectivity index (χ1n) is 11.7. The van der Waals surface area contributed by atoms with Gasteiger partial charge in [0.15, 0.2) is 0 Å². The van der Waals surface area contributed by atoms with Crippen molar-refractivity contribution in [2.24, 2.45) is 0 Å². The van der Waals surface area contributed by atoms with E-state index in [0.717, 1.165) is 16.0 Å². The number of hydrogen-bond acceptors (Lipinski definition) is 5. The van der Waals surface area contributed by atoms with Gasteiger partial charge >= 0.3 is 0 Å². The number of hydrogen-bond donors (Lipinski definition) is 2. The van der Waals surface area contributed by atoms with Crippen molar-refractivity contribution in [3.8, 4) is 11.5 Å². The largest absolute Gasteiger partial charge is 0.497 e. The summed E-state index contributed by atoms with van der Waals surface area (Å²) in [6, 6.07) is 29.7. The number of carbonyl (C=O) groups excluding carboxylic acids is 2. The van der Waals surface area contributed by atoms with E-state index in [2.05, 4.69) is 10.6 Å². The molecule has 0 bridgehead atoms. The van der Waals surface area contributed by atoms with E-state index in [0.29, 0.717) is 28.4 Å². The fraction of sp³-hybridized carbons (Fsp3) is 0.133. The van der Waals surface area contributed by atoms with E-state index < -0.39 is 5.25 Å². The standard InChI is InChI=1S/C30H28N2O4S/c1-20-9-7-12-22(17-20)29(33)31-23-13-8-14-25(18-23)37-28(21-10-5-4-6-11-21)30(34)32-26-19-24(35-2)15-16-27(26)36-3/h4-19,28H,1-3H3,(H,31,33)(H,32,34). The monoisotopic (exact) mass is 512 g/mol. The smallest absolute Gasteiger partial charge is 0.255 e. The molecular formula is C30H28N2O4S. The molecule has 0 aliphatic carbocycles. The van der Waals surface area contributed by atoms with Crippen molar-refractivity contribution in [2.45, 2.75) is 17.1 Å². The zero-order valence-electron chi connectivity index (χ0n) is 20.9. The maximum atomic E-state index is 13.6. The Bertz CT molecular complexity index is 1390. The zero-order valence-corrected chi connectivity index (χ0v) is 21.7. The molecule has 0 aliphatic heterocycles. The van der Waals surface area contributed by atoms with E-state index in [1.54, 1.807) is 38.5 Å². The Labute approximate surface area is 221 Å². The molecule has 0 aromatic heterocycles. The number of carbonyl (C=O) groups is 2. The topological polar surface area (TPSA) is 76.7 Å². The van der Waals surface area contributed by atoms with Gasteiger partial charge in [-0.3, -0.25) is 9.59 Å². The van der Waals surface area contributed by atoms with Crippen molar-refractivity contribution < 1.29 is 19.1 Å². The maximum Gasteiger partial charge on any atom is 0.255 e. The molecule has 2 amide bonds. The number of benzene rings is 4. The number of amides is 2. The summed E-state index contributed by atoms with van der Waals surface area (Å²) in [5.74, 6) is 0.745. The SMILES string of the molecule is COc1ccc(OC)c(NC(=O)C(Sc2cccc(NC(=O)c3cccc(C)c3)c2)c2ccccc2)c1. The van der Waals surface area contributed by atoms with Crippen LogP contribution in [0, 0.1) is 6.92 Å². The van der Waals surface area contributed by atoms with Gasteiger partial charge in [-0.1, -0.05) is 54.1 Å². The van der Waals surface area contributed by atoms with Gasteiger partial charge in [0.1, 0.15) is 16.7 Å². The van der Waals surface area contributed by atoms with Gasteiger partial charge in [0, 0.05) is 22.2 Å². The fourth-order valence-corrected chi connectivity index (χ4v) is 4.87. The first-order chi connectivity index (χ1) is 18.0. The van der Waals surface area contributed by atoms with E-state index in [1.807, 2.05) is 79.7 Å². The van der Waals surface area contributed by atoms with Gasteiger partial charge in [-0.05, 0) is 55.0 Å². The number of ether oxygens (including phenoxy) is 2. The summed E-state index contributed by atoms with van der Waals surface area (Å²) >= 11 is 1.40. The molecule has 4 aromatic carbocycles. The first kappa shape index (κ1) is 25.9. The highest BCUT2D eigenvalue weighted by Gasteiger charge is 2.24. The van der Waals surface area contributed by atoms with Gasteiger partial charge in [0.2, 0.25) is 5.91 Å². The second kappa shape index (κ2) is 12.1. The van der Waals surface area contributed by atoms with Gasteiger partial charge in [-0.15, -0.1) is 11.8 Å². The molecule has 2 N–H and O–H groups in total. The lowest BCUT2D eigenvalue weighted by atomic mass is 10.1. The lowest BCUT2D eigenvalue weighted by Gasteiger charge is -2.19. The summed E-state index contributed by atoms with van der Waals surface area (Å²) in [6.45, 7) is 1.95. The van der Waals surface area contributed by atoms with Gasteiger partial charge in [0.25, 0.3) is 5.91 Å². The maximum absolute atomic E-state index is 13.6. The third-order valence-electron chi connectivity index (χ3n) is 5.63. The van der Waals surface area contributed by atoms with Gasteiger partial charge < -0.3 is 20.1 Å². The molecule has 0 saturated heterocycles. The Balaban J connectivity index is 1.57. The van der Waals surface area contributed by atoms with E-state index in [9.17, 15) is 9.59 Å². The predicted octanol–water partition coefficient (Wildman–Crippen LogP) is 6.74. The van der Waals surface area contributed by atoms with E-state index in [-0.39, 0.29) is 11.8 Å². The summed E-state index contributed by atoms with van der Waals surface area (Å²) in [5.41, 5.74) is 3.62. The minimum absolute atomic E-state index is 0.187. The quantitative estimate of drug-likeness (QED) is 0.243. The number of thioether (sulfide) groups is 1. The van der Waals surface area contributed by atoms with Crippen LogP contribution in [0.1, 0.15) is 26.7 Å². The highest BCUT2D eigenvalue weighted by molar-refractivity contribution is 8.00. The average Bonchev–Trinajstić information content (AvgIpc) is 2.92. The minimum atomic E-state index is -0.556. The molecule has 0 radical (unpaired) electrons. The Kier molecular flexibility index (Phi) is 8.48. The van der Waals surface area contributed by atoms with Crippen molar-refractivity contribution in [2.75, 3.05) is 24.9 Å². The van der Waals surface area contributed by atoms with Crippen LogP contribution in [-0.2, 0) is 4.79 Å². The Morgan fingerprint density at radius 1 is 0.784 bits per heavy atom. The molecule has 1 unspecified atom stereocenters. The van der Waals surface area contributed by atoms with Gasteiger partial charge in [-0.25, -0.2) is 0 Å². The molecule has 0 saturated carbocycles. The number of rotatable bonds is 9. The zero-order chi connectivity index (χ0) is 26.2. The molecule has 0 spiro atoms. The predicted molar refractivity (Wildman–Crippen MR) is 149 cm³/mol. The Morgan fingerprint density at radius 2 is 1.57 bits per heavy atom. The van der Waals surface area contributed by atoms with E-state index in [4.69, 9.17) is 9.47 Å². The molecule has 37 heavy (non-hydrogen) atoms. The van der Waals surface area contributed by atoms with Crippen molar-refractivity contribution in [3.05, 3.63) is 114 Å². The highest BCUT2D eigenvalue weighted by Crippen LogP contribution is 2.38. The Hall–Kier alpha value is -4.23. The second-order valence-corrected chi connectivity index (χ2v) is 9.49. The van der Waals surface area contributed by atoms with Crippen LogP contribution in [0.25, 0.3) is 0 Å². The summed E-state index contributed by atoms with van der Waals surface area (Å²) in [7, 11) is 3.12. The molecule has 0 aliphatic rings. The highest BCUT2D eigenvalue weighted by atomic mass is 32.2. The van der Waals surface area contributed by atoms with Crippen LogP contribution in [0.4, 0.5) is 11.4 Å². The molecule has 4 aromatic rings. The van der Waals surface area contributed by atoms with Crippen LogP contribution < -0.4 is 20.1 Å². The van der Waals surface area contributed by atoms with Crippen LogP contribution in [0.3, 0.4) is 0 Å². The summed E-state index contributed by atoms with van der Waals surface area (Å²) in [4.78, 5) is 27.1. The van der Waals surface area contributed by atoms with Gasteiger partial charge in [0.05, 0.1) is 19.9 Å². The third-order valence-corrected chi connectivity index (χ3v) is 6.88. The molecule has 4 rings (SSSR count). The average molecular weight is 513 g/mol. The van der Waals surface area contributed by atoms with Gasteiger partial charge in [-0.2, -0.15) is 0 Å².